The number of nitrogens with one attached hydrogen (secondary N) is 2. The lowest BCUT2D eigenvalue weighted by molar-refractivity contribution is 0.251. The van der Waals surface area contributed by atoms with Gasteiger partial charge in [0.05, 0.1) is 6.54 Å². The van der Waals surface area contributed by atoms with Crippen molar-refractivity contribution in [2.45, 2.75) is 26.9 Å². The first-order chi connectivity index (χ1) is 12.5. The lowest BCUT2D eigenvalue weighted by atomic mass is 10.1. The second-order valence-electron chi connectivity index (χ2n) is 6.38. The van der Waals surface area contributed by atoms with E-state index in [0.717, 1.165) is 39.6 Å². The molecule has 2 amide bonds. The number of amides is 2. The van der Waals surface area contributed by atoms with E-state index in [-0.39, 0.29) is 6.03 Å². The lowest BCUT2D eigenvalue weighted by Gasteiger charge is -2.13. The zero-order chi connectivity index (χ0) is 18.5. The summed E-state index contributed by atoms with van der Waals surface area (Å²) in [5.41, 5.74) is 5.18. The monoisotopic (exact) mass is 367 g/mol. The molecule has 3 aromatic rings. The quantitative estimate of drug-likeness (QED) is 0.645. The fourth-order valence-electron chi connectivity index (χ4n) is 2.76. The summed E-state index contributed by atoms with van der Waals surface area (Å²) in [7, 11) is 0. The Morgan fingerprint density at radius 1 is 1.08 bits per heavy atom. The van der Waals surface area contributed by atoms with Gasteiger partial charge in [-0.1, -0.05) is 35.9 Å². The topological polar surface area (TPSA) is 46.1 Å². The van der Waals surface area contributed by atoms with Crippen molar-refractivity contribution in [1.29, 1.82) is 0 Å². The Balaban J connectivity index is 1.60. The molecule has 4 nitrogen and oxygen atoms in total. The Hall–Kier alpha value is -2.72. The number of anilines is 1. The number of urea groups is 1. The molecule has 1 aromatic heterocycles. The van der Waals surface area contributed by atoms with E-state index in [1.807, 2.05) is 74.6 Å². The number of hydrogen-bond acceptors (Lipinski definition) is 1. The van der Waals surface area contributed by atoms with Crippen molar-refractivity contribution < 1.29 is 4.79 Å². The van der Waals surface area contributed by atoms with E-state index >= 15 is 0 Å². The normalized spacial score (nSPS) is 10.6. The Morgan fingerprint density at radius 2 is 1.85 bits per heavy atom. The predicted molar refractivity (Wildman–Crippen MR) is 107 cm³/mol. The van der Waals surface area contributed by atoms with Crippen LogP contribution < -0.4 is 10.6 Å². The molecule has 1 heterocycles. The first kappa shape index (κ1) is 18.1. The number of nitrogens with zero attached hydrogens (tertiary/aromatic N) is 1. The Bertz CT molecular complexity index is 900. The summed E-state index contributed by atoms with van der Waals surface area (Å²) in [6.45, 7) is 5.18. The summed E-state index contributed by atoms with van der Waals surface area (Å²) < 4.78 is 2.11. The van der Waals surface area contributed by atoms with Crippen LogP contribution in [-0.4, -0.2) is 10.6 Å². The standard InChI is InChI=1S/C21H22ClN3O/c1-15-5-6-16(2)20(12-15)24-21(26)23-13-19-4-3-11-25(19)14-17-7-9-18(22)10-8-17/h3-12H,13-14H2,1-2H3,(H2,23,24,26). The highest BCUT2D eigenvalue weighted by Crippen LogP contribution is 2.16. The van der Waals surface area contributed by atoms with Gasteiger partial charge in [-0.25, -0.2) is 4.79 Å². The molecule has 0 spiro atoms. The molecular weight excluding hydrogens is 346 g/mol. The van der Waals surface area contributed by atoms with Crippen LogP contribution in [0.4, 0.5) is 10.5 Å². The van der Waals surface area contributed by atoms with Gasteiger partial charge < -0.3 is 15.2 Å². The van der Waals surface area contributed by atoms with Gasteiger partial charge >= 0.3 is 6.03 Å². The van der Waals surface area contributed by atoms with Crippen LogP contribution in [0.2, 0.25) is 5.02 Å². The van der Waals surface area contributed by atoms with Crippen LogP contribution in [0, 0.1) is 13.8 Å². The van der Waals surface area contributed by atoms with Gasteiger partial charge in [-0.15, -0.1) is 0 Å². The Kier molecular flexibility index (Phi) is 5.64. The number of rotatable bonds is 5. The molecule has 2 aromatic carbocycles. The van der Waals surface area contributed by atoms with E-state index in [1.165, 1.54) is 0 Å². The maximum Gasteiger partial charge on any atom is 0.319 e. The number of carbonyl (C=O) groups is 1. The van der Waals surface area contributed by atoms with E-state index in [2.05, 4.69) is 15.2 Å². The molecule has 26 heavy (non-hydrogen) atoms. The van der Waals surface area contributed by atoms with Crippen molar-refractivity contribution in [2.75, 3.05) is 5.32 Å². The Labute approximate surface area is 158 Å². The van der Waals surface area contributed by atoms with Gasteiger partial charge in [0.15, 0.2) is 0 Å². The summed E-state index contributed by atoms with van der Waals surface area (Å²) in [5.74, 6) is 0. The van der Waals surface area contributed by atoms with E-state index in [0.29, 0.717) is 6.54 Å². The third kappa shape index (κ3) is 4.67. The number of aromatic nitrogens is 1. The van der Waals surface area contributed by atoms with Gasteiger partial charge in [0.1, 0.15) is 0 Å². The maximum absolute atomic E-state index is 12.2. The fourth-order valence-corrected chi connectivity index (χ4v) is 2.88. The van der Waals surface area contributed by atoms with Gasteiger partial charge in [0.2, 0.25) is 0 Å². The van der Waals surface area contributed by atoms with Crippen LogP contribution in [0.15, 0.2) is 60.8 Å². The van der Waals surface area contributed by atoms with Crippen molar-refractivity contribution in [2.24, 2.45) is 0 Å². The maximum atomic E-state index is 12.2. The van der Waals surface area contributed by atoms with Crippen LogP contribution >= 0.6 is 11.6 Å². The molecule has 0 aliphatic carbocycles. The number of halogens is 1. The smallest absolute Gasteiger partial charge is 0.319 e. The van der Waals surface area contributed by atoms with Crippen LogP contribution in [0.1, 0.15) is 22.4 Å². The van der Waals surface area contributed by atoms with Gasteiger partial charge in [-0.3, -0.25) is 0 Å². The third-order valence-electron chi connectivity index (χ3n) is 4.26. The first-order valence-corrected chi connectivity index (χ1v) is 8.89. The van der Waals surface area contributed by atoms with Crippen LogP contribution in [-0.2, 0) is 13.1 Å². The van der Waals surface area contributed by atoms with Gasteiger partial charge in [0.25, 0.3) is 0 Å². The SMILES string of the molecule is Cc1ccc(C)c(NC(=O)NCc2cccn2Cc2ccc(Cl)cc2)c1. The van der Waals surface area contributed by atoms with Crippen molar-refractivity contribution in [3.8, 4) is 0 Å². The number of aryl methyl sites for hydroxylation is 2. The van der Waals surface area contributed by atoms with Crippen LogP contribution in [0.5, 0.6) is 0 Å². The van der Waals surface area contributed by atoms with Gasteiger partial charge in [0, 0.05) is 29.1 Å². The summed E-state index contributed by atoms with van der Waals surface area (Å²) in [6.07, 6.45) is 2.01. The summed E-state index contributed by atoms with van der Waals surface area (Å²) in [6, 6.07) is 17.6. The Morgan fingerprint density at radius 3 is 2.62 bits per heavy atom. The highest BCUT2D eigenvalue weighted by Gasteiger charge is 2.07. The first-order valence-electron chi connectivity index (χ1n) is 8.52. The predicted octanol–water partition coefficient (Wildman–Crippen LogP) is 5.13. The van der Waals surface area contributed by atoms with Crippen molar-refractivity contribution in [3.05, 3.63) is 88.2 Å². The lowest BCUT2D eigenvalue weighted by Crippen LogP contribution is -2.29. The van der Waals surface area contributed by atoms with Crippen LogP contribution in [0.25, 0.3) is 0 Å². The summed E-state index contributed by atoms with van der Waals surface area (Å²) in [4.78, 5) is 12.2. The molecule has 0 aliphatic heterocycles. The van der Waals surface area contributed by atoms with Crippen molar-refractivity contribution in [3.63, 3.8) is 0 Å². The number of benzene rings is 2. The van der Waals surface area contributed by atoms with Gasteiger partial charge in [-0.05, 0) is 60.9 Å². The highest BCUT2D eigenvalue weighted by atomic mass is 35.5. The second kappa shape index (κ2) is 8.11. The third-order valence-corrected chi connectivity index (χ3v) is 4.51. The molecule has 5 heteroatoms. The molecule has 0 aliphatic rings. The molecule has 0 saturated carbocycles. The summed E-state index contributed by atoms with van der Waals surface area (Å²) in [5, 5.41) is 6.57. The summed E-state index contributed by atoms with van der Waals surface area (Å²) >= 11 is 5.94. The number of hydrogen-bond donors (Lipinski definition) is 2. The second-order valence-corrected chi connectivity index (χ2v) is 6.82. The van der Waals surface area contributed by atoms with E-state index < -0.39 is 0 Å². The molecular formula is C21H22ClN3O. The fraction of sp³-hybridized carbons (Fsp3) is 0.190. The molecule has 0 bridgehead atoms. The average Bonchev–Trinajstić information content (AvgIpc) is 3.05. The molecule has 0 unspecified atom stereocenters. The van der Waals surface area contributed by atoms with E-state index in [1.54, 1.807) is 0 Å². The molecule has 0 saturated heterocycles. The average molecular weight is 368 g/mol. The minimum atomic E-state index is -0.210. The number of carbonyl (C=O) groups excluding carboxylic acids is 1. The minimum absolute atomic E-state index is 0.210. The molecule has 0 radical (unpaired) electrons. The zero-order valence-corrected chi connectivity index (χ0v) is 15.7. The van der Waals surface area contributed by atoms with E-state index in [4.69, 9.17) is 11.6 Å². The van der Waals surface area contributed by atoms with Crippen molar-refractivity contribution in [1.82, 2.24) is 9.88 Å². The molecule has 3 rings (SSSR count). The zero-order valence-electron chi connectivity index (χ0n) is 14.9. The van der Waals surface area contributed by atoms with Crippen LogP contribution in [0.3, 0.4) is 0 Å². The molecule has 2 N–H and O–H groups in total. The minimum Gasteiger partial charge on any atom is -0.345 e. The van der Waals surface area contributed by atoms with Crippen molar-refractivity contribution >= 4 is 23.3 Å². The van der Waals surface area contributed by atoms with E-state index in [9.17, 15) is 4.79 Å². The largest absolute Gasteiger partial charge is 0.345 e. The molecule has 0 fully saturated rings. The highest BCUT2D eigenvalue weighted by molar-refractivity contribution is 6.30. The molecule has 134 valence electrons. The van der Waals surface area contributed by atoms with Gasteiger partial charge in [-0.2, -0.15) is 0 Å². The molecule has 0 atom stereocenters.